The number of hydrogen-bond donors (Lipinski definition) is 1. The Hall–Kier alpha value is -2.57. The van der Waals surface area contributed by atoms with Gasteiger partial charge in [-0.3, -0.25) is 4.79 Å². The molecule has 1 aromatic carbocycles. The van der Waals surface area contributed by atoms with E-state index in [1.165, 1.54) is 0 Å². The predicted molar refractivity (Wildman–Crippen MR) is 88.1 cm³/mol. The maximum atomic E-state index is 12.4. The number of carbonyl (C=O) groups is 1. The number of aromatic nitrogens is 3. The van der Waals surface area contributed by atoms with Gasteiger partial charge in [0.1, 0.15) is 30.3 Å². The van der Waals surface area contributed by atoms with Crippen molar-refractivity contribution < 1.29 is 14.3 Å². The first-order valence-corrected chi connectivity index (χ1v) is 8.15. The molecule has 0 aliphatic carbocycles. The van der Waals surface area contributed by atoms with Gasteiger partial charge in [0.2, 0.25) is 5.91 Å². The molecule has 1 aliphatic rings. The largest absolute Gasteiger partial charge is 0.497 e. The number of methoxy groups -OCH3 is 1. The number of benzene rings is 1. The van der Waals surface area contributed by atoms with Crippen LogP contribution in [-0.4, -0.2) is 40.9 Å². The Morgan fingerprint density at radius 3 is 3.17 bits per heavy atom. The third kappa shape index (κ3) is 3.50. The molecule has 0 saturated heterocycles. The molecule has 0 spiro atoms. The molecule has 128 valence electrons. The molecule has 0 radical (unpaired) electrons. The molecule has 3 rings (SSSR count). The zero-order chi connectivity index (χ0) is 16.9. The number of nitrogens with zero attached hydrogens (tertiary/aromatic N) is 3. The zero-order valence-electron chi connectivity index (χ0n) is 14.0. The lowest BCUT2D eigenvalue weighted by Crippen LogP contribution is -2.38. The van der Waals surface area contributed by atoms with Gasteiger partial charge in [0.15, 0.2) is 0 Å². The molecule has 0 saturated carbocycles. The van der Waals surface area contributed by atoms with Gasteiger partial charge >= 0.3 is 0 Å². The Bertz CT molecular complexity index is 714. The third-order valence-corrected chi connectivity index (χ3v) is 4.24. The van der Waals surface area contributed by atoms with E-state index in [-0.39, 0.29) is 11.8 Å². The lowest BCUT2D eigenvalue weighted by Gasteiger charge is -2.25. The molecule has 1 amide bonds. The lowest BCUT2D eigenvalue weighted by molar-refractivity contribution is -0.126. The summed E-state index contributed by atoms with van der Waals surface area (Å²) in [4.78, 5) is 12.4. The second kappa shape index (κ2) is 7.33. The number of aryl methyl sites for hydroxylation is 1. The van der Waals surface area contributed by atoms with Crippen LogP contribution in [0.3, 0.4) is 0 Å². The summed E-state index contributed by atoms with van der Waals surface area (Å²) in [5.41, 5.74) is 1.04. The fourth-order valence-corrected chi connectivity index (χ4v) is 2.83. The van der Waals surface area contributed by atoms with Gasteiger partial charge in [-0.2, -0.15) is 0 Å². The van der Waals surface area contributed by atoms with Gasteiger partial charge in [-0.25, -0.2) is 0 Å². The summed E-state index contributed by atoms with van der Waals surface area (Å²) < 4.78 is 12.9. The average molecular weight is 330 g/mol. The quantitative estimate of drug-likeness (QED) is 0.861. The molecule has 2 heterocycles. The van der Waals surface area contributed by atoms with E-state index in [1.54, 1.807) is 13.4 Å². The van der Waals surface area contributed by atoms with E-state index in [0.717, 1.165) is 29.4 Å². The smallest absolute Gasteiger partial charge is 0.226 e. The Morgan fingerprint density at radius 2 is 2.38 bits per heavy atom. The van der Waals surface area contributed by atoms with E-state index >= 15 is 0 Å². The molecule has 0 unspecified atom stereocenters. The normalized spacial score (nSPS) is 16.2. The van der Waals surface area contributed by atoms with Crippen molar-refractivity contribution in [3.05, 3.63) is 35.9 Å². The van der Waals surface area contributed by atoms with Crippen LogP contribution in [0.4, 0.5) is 0 Å². The average Bonchev–Trinajstić information content (AvgIpc) is 3.08. The van der Waals surface area contributed by atoms with E-state index in [1.807, 2.05) is 29.7 Å². The molecule has 7 heteroatoms. The van der Waals surface area contributed by atoms with E-state index < -0.39 is 0 Å². The third-order valence-electron chi connectivity index (χ3n) is 4.24. The van der Waals surface area contributed by atoms with Gasteiger partial charge < -0.3 is 19.4 Å². The second-order valence-electron chi connectivity index (χ2n) is 5.76. The SMILES string of the molecule is CCn1cnnc1CCNC(=O)[C@H]1COc2cc(OC)ccc2C1. The van der Waals surface area contributed by atoms with Gasteiger partial charge in [0.25, 0.3) is 0 Å². The van der Waals surface area contributed by atoms with Crippen molar-refractivity contribution in [2.45, 2.75) is 26.3 Å². The number of carbonyl (C=O) groups excluding carboxylic acids is 1. The van der Waals surface area contributed by atoms with E-state index in [9.17, 15) is 4.79 Å². The molecular formula is C17H22N4O3. The Balaban J connectivity index is 1.52. The minimum Gasteiger partial charge on any atom is -0.497 e. The highest BCUT2D eigenvalue weighted by atomic mass is 16.5. The number of nitrogens with one attached hydrogen (secondary N) is 1. The van der Waals surface area contributed by atoms with Crippen molar-refractivity contribution in [2.75, 3.05) is 20.3 Å². The summed E-state index contributed by atoms with van der Waals surface area (Å²) in [5, 5.41) is 10.9. The monoisotopic (exact) mass is 330 g/mol. The topological polar surface area (TPSA) is 78.3 Å². The van der Waals surface area contributed by atoms with Crippen LogP contribution in [-0.2, 0) is 24.2 Å². The standard InChI is InChI=1S/C17H22N4O3/c1-3-21-11-19-20-16(21)6-7-18-17(22)13-8-12-4-5-14(23-2)9-15(12)24-10-13/h4-5,9,11,13H,3,6-8,10H2,1-2H3,(H,18,22)/t13-/m1/s1. The van der Waals surface area contributed by atoms with Crippen molar-refractivity contribution in [3.63, 3.8) is 0 Å². The molecule has 0 bridgehead atoms. The van der Waals surface area contributed by atoms with Crippen LogP contribution in [0.25, 0.3) is 0 Å². The first-order chi connectivity index (χ1) is 11.7. The summed E-state index contributed by atoms with van der Waals surface area (Å²) in [5.74, 6) is 2.29. The predicted octanol–water partition coefficient (Wildman–Crippen LogP) is 1.22. The zero-order valence-corrected chi connectivity index (χ0v) is 14.0. The molecule has 1 aromatic heterocycles. The summed E-state index contributed by atoms with van der Waals surface area (Å²) in [6, 6.07) is 5.71. The molecule has 1 atom stereocenters. The maximum absolute atomic E-state index is 12.4. The summed E-state index contributed by atoms with van der Waals surface area (Å²) in [7, 11) is 1.63. The van der Waals surface area contributed by atoms with Crippen LogP contribution in [0.1, 0.15) is 18.3 Å². The Labute approximate surface area is 141 Å². The van der Waals surface area contributed by atoms with Crippen LogP contribution in [0.5, 0.6) is 11.5 Å². The van der Waals surface area contributed by atoms with Crippen molar-refractivity contribution in [2.24, 2.45) is 5.92 Å². The first kappa shape index (κ1) is 16.3. The highest BCUT2D eigenvalue weighted by Crippen LogP contribution is 2.30. The van der Waals surface area contributed by atoms with Crippen molar-refractivity contribution in [1.29, 1.82) is 0 Å². The molecule has 24 heavy (non-hydrogen) atoms. The molecule has 1 aliphatic heterocycles. The molecule has 2 aromatic rings. The van der Waals surface area contributed by atoms with Crippen molar-refractivity contribution in [3.8, 4) is 11.5 Å². The fraction of sp³-hybridized carbons (Fsp3) is 0.471. The fourth-order valence-electron chi connectivity index (χ4n) is 2.83. The van der Waals surface area contributed by atoms with Gasteiger partial charge in [-0.05, 0) is 25.0 Å². The minimum atomic E-state index is -0.171. The molecule has 0 fully saturated rings. The number of ether oxygens (including phenoxy) is 2. The minimum absolute atomic E-state index is 0.0130. The Kier molecular flexibility index (Phi) is 4.98. The number of hydrogen-bond acceptors (Lipinski definition) is 5. The number of amides is 1. The number of rotatable bonds is 6. The lowest BCUT2D eigenvalue weighted by atomic mass is 9.96. The summed E-state index contributed by atoms with van der Waals surface area (Å²) in [6.45, 7) is 3.80. The molecule has 1 N–H and O–H groups in total. The number of fused-ring (bicyclic) bond motifs is 1. The second-order valence-corrected chi connectivity index (χ2v) is 5.76. The van der Waals surface area contributed by atoms with Crippen molar-refractivity contribution in [1.82, 2.24) is 20.1 Å². The first-order valence-electron chi connectivity index (χ1n) is 8.15. The van der Waals surface area contributed by atoms with E-state index in [0.29, 0.717) is 26.0 Å². The van der Waals surface area contributed by atoms with Gasteiger partial charge in [0.05, 0.1) is 13.0 Å². The molecular weight excluding hydrogens is 308 g/mol. The maximum Gasteiger partial charge on any atom is 0.226 e. The van der Waals surface area contributed by atoms with Crippen LogP contribution in [0, 0.1) is 5.92 Å². The van der Waals surface area contributed by atoms with Gasteiger partial charge in [-0.15, -0.1) is 10.2 Å². The van der Waals surface area contributed by atoms with Crippen LogP contribution in [0.15, 0.2) is 24.5 Å². The summed E-state index contributed by atoms with van der Waals surface area (Å²) >= 11 is 0. The summed E-state index contributed by atoms with van der Waals surface area (Å²) in [6.07, 6.45) is 3.05. The molecule has 7 nitrogen and oxygen atoms in total. The van der Waals surface area contributed by atoms with Gasteiger partial charge in [0, 0.05) is 25.6 Å². The highest BCUT2D eigenvalue weighted by Gasteiger charge is 2.26. The van der Waals surface area contributed by atoms with Crippen LogP contribution >= 0.6 is 0 Å². The van der Waals surface area contributed by atoms with Crippen LogP contribution < -0.4 is 14.8 Å². The Morgan fingerprint density at radius 1 is 1.50 bits per heavy atom. The van der Waals surface area contributed by atoms with Crippen LogP contribution in [0.2, 0.25) is 0 Å². The highest BCUT2D eigenvalue weighted by molar-refractivity contribution is 5.79. The van der Waals surface area contributed by atoms with Gasteiger partial charge in [-0.1, -0.05) is 6.07 Å². The van der Waals surface area contributed by atoms with E-state index in [2.05, 4.69) is 15.5 Å². The van der Waals surface area contributed by atoms with Crippen molar-refractivity contribution >= 4 is 5.91 Å². The van der Waals surface area contributed by atoms with E-state index in [4.69, 9.17) is 9.47 Å².